The lowest BCUT2D eigenvalue weighted by molar-refractivity contribution is 0.698. The van der Waals surface area contributed by atoms with E-state index >= 15 is 0 Å². The minimum absolute atomic E-state index is 0.316. The van der Waals surface area contributed by atoms with Gasteiger partial charge >= 0.3 is 0 Å². The number of nitrogens with two attached hydrogens (primary N) is 1. The summed E-state index contributed by atoms with van der Waals surface area (Å²) in [7, 11) is 0. The van der Waals surface area contributed by atoms with Crippen LogP contribution in [0.25, 0.3) is 0 Å². The fourth-order valence-corrected chi connectivity index (χ4v) is 1.82. The van der Waals surface area contributed by atoms with E-state index in [1.54, 1.807) is 0 Å². The molecule has 1 aromatic heterocycles. The van der Waals surface area contributed by atoms with Crippen LogP contribution in [0.1, 0.15) is 45.1 Å². The summed E-state index contributed by atoms with van der Waals surface area (Å²) in [6, 6.07) is 0.363. The average Bonchev–Trinajstić information content (AvgIpc) is 2.34. The molecular formula is C14H24N4. The highest BCUT2D eigenvalue weighted by Crippen LogP contribution is 2.22. The Morgan fingerprint density at radius 1 is 1.39 bits per heavy atom. The quantitative estimate of drug-likeness (QED) is 0.786. The third-order valence-corrected chi connectivity index (χ3v) is 2.83. The molecule has 0 bridgehead atoms. The molecule has 0 saturated carbocycles. The summed E-state index contributed by atoms with van der Waals surface area (Å²) < 4.78 is 0. The maximum atomic E-state index is 5.81. The number of aromatic nitrogens is 2. The molecule has 0 aliphatic rings. The molecule has 4 heteroatoms. The van der Waals surface area contributed by atoms with E-state index in [1.807, 2.05) is 12.3 Å². The van der Waals surface area contributed by atoms with Gasteiger partial charge in [0.25, 0.3) is 0 Å². The molecule has 0 aromatic carbocycles. The van der Waals surface area contributed by atoms with E-state index in [-0.39, 0.29) is 0 Å². The molecule has 0 aliphatic heterocycles. The maximum absolute atomic E-state index is 5.81. The number of rotatable bonds is 6. The molecule has 0 spiro atoms. The van der Waals surface area contributed by atoms with Gasteiger partial charge in [0.05, 0.1) is 17.6 Å². The van der Waals surface area contributed by atoms with Gasteiger partial charge in [0, 0.05) is 25.0 Å². The van der Waals surface area contributed by atoms with Gasteiger partial charge in [0.1, 0.15) is 5.82 Å². The number of hydrogen-bond acceptors (Lipinski definition) is 4. The molecule has 100 valence electrons. The first-order valence-electron chi connectivity index (χ1n) is 6.44. The highest BCUT2D eigenvalue weighted by atomic mass is 15.2. The second-order valence-corrected chi connectivity index (χ2v) is 4.95. The highest BCUT2D eigenvalue weighted by molar-refractivity contribution is 5.50. The summed E-state index contributed by atoms with van der Waals surface area (Å²) >= 11 is 0. The normalized spacial score (nSPS) is 11.1. The summed E-state index contributed by atoms with van der Waals surface area (Å²) in [6.45, 7) is 13.4. The van der Waals surface area contributed by atoms with Crippen LogP contribution in [0.15, 0.2) is 18.9 Å². The van der Waals surface area contributed by atoms with Crippen molar-refractivity contribution in [3.63, 3.8) is 0 Å². The molecule has 2 N–H and O–H groups in total. The van der Waals surface area contributed by atoms with E-state index in [0.717, 1.165) is 23.8 Å². The second-order valence-electron chi connectivity index (χ2n) is 4.95. The molecular weight excluding hydrogens is 224 g/mol. The summed E-state index contributed by atoms with van der Waals surface area (Å²) in [5.41, 5.74) is 7.73. The van der Waals surface area contributed by atoms with Crippen LogP contribution < -0.4 is 10.6 Å². The fourth-order valence-electron chi connectivity index (χ4n) is 1.82. The predicted octanol–water partition coefficient (Wildman–Crippen LogP) is 2.46. The van der Waals surface area contributed by atoms with Crippen LogP contribution >= 0.6 is 0 Å². The smallest absolute Gasteiger partial charge is 0.131 e. The van der Waals surface area contributed by atoms with Gasteiger partial charge in [-0.3, -0.25) is 0 Å². The zero-order valence-electron chi connectivity index (χ0n) is 11.8. The lowest BCUT2D eigenvalue weighted by Crippen LogP contribution is -2.32. The largest absolute Gasteiger partial charge is 0.363 e. The van der Waals surface area contributed by atoms with Crippen molar-refractivity contribution in [1.82, 2.24) is 9.97 Å². The van der Waals surface area contributed by atoms with Crippen LogP contribution in [0.5, 0.6) is 0 Å². The van der Waals surface area contributed by atoms with E-state index in [2.05, 4.69) is 49.1 Å². The Bertz CT molecular complexity index is 399. The predicted molar refractivity (Wildman–Crippen MR) is 76.7 cm³/mol. The second kappa shape index (κ2) is 6.50. The van der Waals surface area contributed by atoms with Gasteiger partial charge in [-0.25, -0.2) is 9.97 Å². The van der Waals surface area contributed by atoms with Crippen molar-refractivity contribution in [2.75, 3.05) is 11.4 Å². The SMILES string of the molecule is C=CCN(c1cnc(C(C)C)nc1CN)C(C)C. The van der Waals surface area contributed by atoms with E-state index in [9.17, 15) is 0 Å². The topological polar surface area (TPSA) is 55.0 Å². The van der Waals surface area contributed by atoms with Gasteiger partial charge in [-0.1, -0.05) is 19.9 Å². The average molecular weight is 248 g/mol. The summed E-state index contributed by atoms with van der Waals surface area (Å²) in [5, 5.41) is 0. The van der Waals surface area contributed by atoms with Gasteiger partial charge in [0.2, 0.25) is 0 Å². The van der Waals surface area contributed by atoms with E-state index in [1.165, 1.54) is 0 Å². The molecule has 0 saturated heterocycles. The molecule has 0 unspecified atom stereocenters. The van der Waals surface area contributed by atoms with Crippen LogP contribution in [0.3, 0.4) is 0 Å². The standard InChI is InChI=1S/C14H24N4/c1-6-7-18(11(4)5)13-9-16-14(10(2)3)17-12(13)8-15/h6,9-11H,1,7-8,15H2,2-5H3. The van der Waals surface area contributed by atoms with Crippen molar-refractivity contribution in [3.8, 4) is 0 Å². The van der Waals surface area contributed by atoms with Crippen molar-refractivity contribution in [1.29, 1.82) is 0 Å². The molecule has 0 fully saturated rings. The summed E-state index contributed by atoms with van der Waals surface area (Å²) in [4.78, 5) is 11.2. The van der Waals surface area contributed by atoms with E-state index in [0.29, 0.717) is 18.5 Å². The monoisotopic (exact) mass is 248 g/mol. The van der Waals surface area contributed by atoms with Gasteiger partial charge in [0.15, 0.2) is 0 Å². The Kier molecular flexibility index (Phi) is 5.28. The van der Waals surface area contributed by atoms with Gasteiger partial charge < -0.3 is 10.6 Å². The molecule has 1 rings (SSSR count). The van der Waals surface area contributed by atoms with Crippen LogP contribution in [0, 0.1) is 0 Å². The van der Waals surface area contributed by atoms with E-state index in [4.69, 9.17) is 5.73 Å². The van der Waals surface area contributed by atoms with Crippen molar-refractivity contribution in [2.24, 2.45) is 5.73 Å². The lowest BCUT2D eigenvalue weighted by Gasteiger charge is -2.29. The number of hydrogen-bond donors (Lipinski definition) is 1. The number of nitrogens with zero attached hydrogens (tertiary/aromatic N) is 3. The zero-order chi connectivity index (χ0) is 13.7. The van der Waals surface area contributed by atoms with Gasteiger partial charge in [-0.2, -0.15) is 0 Å². The molecule has 18 heavy (non-hydrogen) atoms. The van der Waals surface area contributed by atoms with Crippen LogP contribution in [0.4, 0.5) is 5.69 Å². The number of anilines is 1. The molecule has 1 heterocycles. The fraction of sp³-hybridized carbons (Fsp3) is 0.571. The van der Waals surface area contributed by atoms with E-state index < -0.39 is 0 Å². The summed E-state index contributed by atoms with van der Waals surface area (Å²) in [6.07, 6.45) is 3.77. The molecule has 0 atom stereocenters. The molecule has 0 aliphatic carbocycles. The van der Waals surface area contributed by atoms with Crippen LogP contribution in [-0.2, 0) is 6.54 Å². The third kappa shape index (κ3) is 3.29. The van der Waals surface area contributed by atoms with Crippen molar-refractivity contribution in [3.05, 3.63) is 30.4 Å². The molecule has 1 aromatic rings. The van der Waals surface area contributed by atoms with Crippen LogP contribution in [0.2, 0.25) is 0 Å². The molecule has 0 amide bonds. The Morgan fingerprint density at radius 2 is 2.06 bits per heavy atom. The van der Waals surface area contributed by atoms with Crippen LogP contribution in [-0.4, -0.2) is 22.6 Å². The van der Waals surface area contributed by atoms with Crippen molar-refractivity contribution < 1.29 is 0 Å². The lowest BCUT2D eigenvalue weighted by atomic mass is 10.2. The van der Waals surface area contributed by atoms with Gasteiger partial charge in [-0.15, -0.1) is 6.58 Å². The van der Waals surface area contributed by atoms with Crippen molar-refractivity contribution >= 4 is 5.69 Å². The minimum Gasteiger partial charge on any atom is -0.363 e. The Balaban J connectivity index is 3.17. The first kappa shape index (κ1) is 14.6. The summed E-state index contributed by atoms with van der Waals surface area (Å²) in [5.74, 6) is 1.16. The highest BCUT2D eigenvalue weighted by Gasteiger charge is 2.16. The first-order valence-corrected chi connectivity index (χ1v) is 6.44. The van der Waals surface area contributed by atoms with Gasteiger partial charge in [-0.05, 0) is 13.8 Å². The maximum Gasteiger partial charge on any atom is 0.131 e. The molecule has 4 nitrogen and oxygen atoms in total. The molecule has 0 radical (unpaired) electrons. The third-order valence-electron chi connectivity index (χ3n) is 2.83. The Hall–Kier alpha value is -1.42. The van der Waals surface area contributed by atoms with Crippen molar-refractivity contribution in [2.45, 2.75) is 46.2 Å². The first-order chi connectivity index (χ1) is 8.51. The Labute approximate surface area is 110 Å². The zero-order valence-corrected chi connectivity index (χ0v) is 11.8. The Morgan fingerprint density at radius 3 is 2.50 bits per heavy atom. The minimum atomic E-state index is 0.316.